The van der Waals surface area contributed by atoms with Crippen molar-refractivity contribution in [1.82, 2.24) is 4.90 Å². The third-order valence-corrected chi connectivity index (χ3v) is 3.29. The predicted octanol–water partition coefficient (Wildman–Crippen LogP) is 0.512. The summed E-state index contributed by atoms with van der Waals surface area (Å²) in [6, 6.07) is 1.83. The van der Waals surface area contributed by atoms with E-state index in [0.29, 0.717) is 6.10 Å². The van der Waals surface area contributed by atoms with Gasteiger partial charge in [0.05, 0.1) is 6.07 Å². The molecule has 15 heavy (non-hydrogen) atoms. The van der Waals surface area contributed by atoms with Crippen LogP contribution in [0.25, 0.3) is 0 Å². The Kier molecular flexibility index (Phi) is 3.17. The van der Waals surface area contributed by atoms with Gasteiger partial charge in [0, 0.05) is 12.5 Å². The Morgan fingerprint density at radius 2 is 2.13 bits per heavy atom. The van der Waals surface area contributed by atoms with Gasteiger partial charge in [-0.05, 0) is 25.9 Å². The maximum atomic E-state index is 5.74. The summed E-state index contributed by atoms with van der Waals surface area (Å²) < 4.78 is 5.12. The van der Waals surface area contributed by atoms with E-state index in [-0.39, 0.29) is 12.4 Å². The van der Waals surface area contributed by atoms with Gasteiger partial charge in [-0.2, -0.15) is 4.52 Å². The molecular weight excluding hydrogens is 216 g/mol. The van der Waals surface area contributed by atoms with E-state index in [9.17, 15) is 0 Å². The fourth-order valence-corrected chi connectivity index (χ4v) is 2.46. The predicted molar refractivity (Wildman–Crippen MR) is 55.7 cm³/mol. The lowest BCUT2D eigenvalue weighted by Crippen LogP contribution is -2.59. The van der Waals surface area contributed by atoms with Crippen LogP contribution in [0.15, 0.2) is 23.0 Å². The SMILES string of the molecule is Cl.c1co[n+](O[C@H]2CN3CCC2CC3)c1. The van der Waals surface area contributed by atoms with Crippen LogP contribution in [0.1, 0.15) is 12.8 Å². The van der Waals surface area contributed by atoms with Crippen molar-refractivity contribution in [3.63, 3.8) is 0 Å². The van der Waals surface area contributed by atoms with Crippen LogP contribution in [-0.2, 0) is 0 Å². The zero-order chi connectivity index (χ0) is 9.38. The van der Waals surface area contributed by atoms with Crippen molar-refractivity contribution in [3.05, 3.63) is 18.5 Å². The maximum Gasteiger partial charge on any atom is 0.280 e. The summed E-state index contributed by atoms with van der Waals surface area (Å²) in [7, 11) is 0. The second-order valence-corrected chi connectivity index (χ2v) is 4.15. The normalized spacial score (nSPS) is 33.5. The molecule has 0 aliphatic carbocycles. The quantitative estimate of drug-likeness (QED) is 0.743. The van der Waals surface area contributed by atoms with E-state index in [2.05, 4.69) is 4.90 Å². The molecule has 3 saturated heterocycles. The number of fused-ring (bicyclic) bond motifs is 3. The minimum atomic E-state index is 0. The highest BCUT2D eigenvalue weighted by atomic mass is 35.5. The Bertz CT molecular complexity index is 296. The van der Waals surface area contributed by atoms with Gasteiger partial charge >= 0.3 is 0 Å². The Labute approximate surface area is 95.1 Å². The van der Waals surface area contributed by atoms with E-state index in [1.54, 1.807) is 12.5 Å². The van der Waals surface area contributed by atoms with Gasteiger partial charge in [0.2, 0.25) is 4.90 Å². The number of halogens is 1. The molecule has 1 aromatic rings. The van der Waals surface area contributed by atoms with Crippen LogP contribution in [0.2, 0.25) is 0 Å². The zero-order valence-electron chi connectivity index (χ0n) is 8.54. The summed E-state index contributed by atoms with van der Waals surface area (Å²) in [5.74, 6) is 0.720. The van der Waals surface area contributed by atoms with Crippen LogP contribution in [0.4, 0.5) is 0 Å². The molecule has 0 saturated carbocycles. The van der Waals surface area contributed by atoms with E-state index in [1.807, 2.05) is 6.07 Å². The van der Waals surface area contributed by atoms with Gasteiger partial charge in [-0.25, -0.2) is 4.84 Å². The summed E-state index contributed by atoms with van der Waals surface area (Å²) in [4.78, 5) is 9.67. The molecule has 0 spiro atoms. The molecule has 4 nitrogen and oxygen atoms in total. The van der Waals surface area contributed by atoms with Crippen LogP contribution in [-0.4, -0.2) is 30.6 Å². The molecule has 1 aromatic heterocycles. The van der Waals surface area contributed by atoms with Crippen LogP contribution >= 0.6 is 12.4 Å². The molecule has 3 aliphatic heterocycles. The van der Waals surface area contributed by atoms with Crippen LogP contribution < -0.4 is 9.74 Å². The Morgan fingerprint density at radius 3 is 2.67 bits per heavy atom. The summed E-state index contributed by atoms with van der Waals surface area (Å²) in [6.07, 6.45) is 6.28. The number of aromatic nitrogens is 1. The van der Waals surface area contributed by atoms with E-state index in [4.69, 9.17) is 9.36 Å². The molecule has 1 atom stereocenters. The molecule has 0 radical (unpaired) electrons. The first kappa shape index (κ1) is 10.8. The molecule has 0 amide bonds. The zero-order valence-corrected chi connectivity index (χ0v) is 9.36. The van der Waals surface area contributed by atoms with Gasteiger partial charge in [0.25, 0.3) is 6.20 Å². The Morgan fingerprint density at radius 1 is 1.33 bits per heavy atom. The van der Waals surface area contributed by atoms with Gasteiger partial charge in [-0.15, -0.1) is 12.4 Å². The van der Waals surface area contributed by atoms with Crippen molar-refractivity contribution in [3.8, 4) is 0 Å². The summed E-state index contributed by atoms with van der Waals surface area (Å²) in [5, 5.41) is 0. The molecule has 2 bridgehead atoms. The number of nitrogens with zero attached hydrogens (tertiary/aromatic N) is 2. The van der Waals surface area contributed by atoms with Gasteiger partial charge in [-0.3, -0.25) is 4.90 Å². The minimum Gasteiger partial charge on any atom is -0.299 e. The van der Waals surface area contributed by atoms with Crippen molar-refractivity contribution in [1.29, 1.82) is 0 Å². The monoisotopic (exact) mass is 231 g/mol. The second kappa shape index (κ2) is 4.41. The minimum absolute atomic E-state index is 0. The van der Waals surface area contributed by atoms with Crippen molar-refractivity contribution < 1.29 is 14.3 Å². The third kappa shape index (κ3) is 2.11. The lowest BCUT2D eigenvalue weighted by molar-refractivity contribution is -1.03. The highest BCUT2D eigenvalue weighted by molar-refractivity contribution is 5.85. The molecule has 3 aliphatic rings. The maximum absolute atomic E-state index is 5.74. The lowest BCUT2D eigenvalue weighted by atomic mass is 9.86. The van der Waals surface area contributed by atoms with E-state index >= 15 is 0 Å². The van der Waals surface area contributed by atoms with Crippen molar-refractivity contribution in [2.24, 2.45) is 5.92 Å². The average Bonchev–Trinajstić information content (AvgIpc) is 2.72. The van der Waals surface area contributed by atoms with Crippen molar-refractivity contribution >= 4 is 12.4 Å². The van der Waals surface area contributed by atoms with Crippen LogP contribution in [0.3, 0.4) is 0 Å². The molecule has 84 valence electrons. The Balaban J connectivity index is 0.000000853. The second-order valence-electron chi connectivity index (χ2n) is 4.15. The molecular formula is C10H16ClN2O2+. The van der Waals surface area contributed by atoms with E-state index < -0.39 is 0 Å². The van der Waals surface area contributed by atoms with Crippen molar-refractivity contribution in [2.75, 3.05) is 19.6 Å². The largest absolute Gasteiger partial charge is 0.299 e. The highest BCUT2D eigenvalue weighted by Gasteiger charge is 2.38. The molecule has 0 N–H and O–H groups in total. The van der Waals surface area contributed by atoms with Gasteiger partial charge < -0.3 is 0 Å². The smallest absolute Gasteiger partial charge is 0.280 e. The fraction of sp³-hybridized carbons (Fsp3) is 0.700. The van der Waals surface area contributed by atoms with Crippen LogP contribution in [0, 0.1) is 5.92 Å². The molecule has 4 heterocycles. The van der Waals surface area contributed by atoms with Gasteiger partial charge in [0.15, 0.2) is 12.4 Å². The van der Waals surface area contributed by atoms with Crippen molar-refractivity contribution in [2.45, 2.75) is 18.9 Å². The van der Waals surface area contributed by atoms with E-state index in [1.165, 1.54) is 30.8 Å². The summed E-state index contributed by atoms with van der Waals surface area (Å²) in [5.41, 5.74) is 0. The average molecular weight is 232 g/mol. The molecule has 5 heteroatoms. The number of hydrogen-bond donors (Lipinski definition) is 0. The summed E-state index contributed by atoms with van der Waals surface area (Å²) >= 11 is 0. The topological polar surface area (TPSA) is 29.5 Å². The van der Waals surface area contributed by atoms with E-state index in [0.717, 1.165) is 12.5 Å². The number of rotatable bonds is 2. The first-order chi connectivity index (χ1) is 6.92. The molecule has 4 rings (SSSR count). The number of piperidine rings is 3. The molecule has 3 fully saturated rings. The fourth-order valence-electron chi connectivity index (χ4n) is 2.46. The number of hydrogen-bond acceptors (Lipinski definition) is 3. The summed E-state index contributed by atoms with van der Waals surface area (Å²) in [6.45, 7) is 3.54. The standard InChI is InChI=1S/C10H15N2O2.ClH/c1-4-12(13-7-1)14-10-8-11-5-2-9(10)3-6-11;/h1,4,7,9-10H,2-3,5-6,8H2;1H/q+1;/t10-;/m0./s1. The first-order valence-corrected chi connectivity index (χ1v) is 5.27. The molecule has 0 aromatic carbocycles. The Hall–Kier alpha value is -0.740. The third-order valence-electron chi connectivity index (χ3n) is 3.29. The van der Waals surface area contributed by atoms with Gasteiger partial charge in [-0.1, -0.05) is 0 Å². The molecule has 0 unspecified atom stereocenters. The first-order valence-electron chi connectivity index (χ1n) is 5.27. The highest BCUT2D eigenvalue weighted by Crippen LogP contribution is 2.27. The lowest BCUT2D eigenvalue weighted by Gasteiger charge is -2.41. The van der Waals surface area contributed by atoms with Gasteiger partial charge in [0.1, 0.15) is 0 Å². The van der Waals surface area contributed by atoms with Crippen LogP contribution in [0.5, 0.6) is 0 Å².